The van der Waals surface area contributed by atoms with E-state index in [9.17, 15) is 4.79 Å². The highest BCUT2D eigenvalue weighted by atomic mass is 16.2. The van der Waals surface area contributed by atoms with Crippen LogP contribution in [0.3, 0.4) is 0 Å². The molecule has 0 aliphatic heterocycles. The zero-order chi connectivity index (χ0) is 14.8. The standard InChI is InChI=1S/C17H20N2O/c1-12-9-10-15(19-16(18)20)14(11-12)17(2,3)13-7-5-4-6-8-13/h4-11H,1-3H3,(H3,18,19,20). The van der Waals surface area contributed by atoms with Crippen LogP contribution in [0, 0.1) is 6.92 Å². The van der Waals surface area contributed by atoms with Gasteiger partial charge in [-0.25, -0.2) is 4.79 Å². The molecule has 3 heteroatoms. The Labute approximate surface area is 119 Å². The summed E-state index contributed by atoms with van der Waals surface area (Å²) in [5.74, 6) is 0. The van der Waals surface area contributed by atoms with E-state index in [2.05, 4.69) is 37.4 Å². The van der Waals surface area contributed by atoms with Gasteiger partial charge in [-0.2, -0.15) is 0 Å². The van der Waals surface area contributed by atoms with Crippen molar-refractivity contribution in [2.24, 2.45) is 5.73 Å². The highest BCUT2D eigenvalue weighted by Gasteiger charge is 2.26. The molecule has 0 unspecified atom stereocenters. The molecule has 0 spiro atoms. The molecule has 0 fully saturated rings. The molecule has 0 bridgehead atoms. The minimum atomic E-state index is -0.543. The summed E-state index contributed by atoms with van der Waals surface area (Å²) in [6, 6.07) is 15.7. The van der Waals surface area contributed by atoms with Crippen molar-refractivity contribution in [2.75, 3.05) is 5.32 Å². The van der Waals surface area contributed by atoms with Gasteiger partial charge in [0.2, 0.25) is 0 Å². The van der Waals surface area contributed by atoms with Gasteiger partial charge in [-0.3, -0.25) is 0 Å². The second-order valence-corrected chi connectivity index (χ2v) is 5.53. The molecule has 0 aromatic heterocycles. The minimum absolute atomic E-state index is 0.217. The second kappa shape index (κ2) is 5.37. The lowest BCUT2D eigenvalue weighted by atomic mass is 9.77. The summed E-state index contributed by atoms with van der Waals surface area (Å²) < 4.78 is 0. The molecular formula is C17H20N2O. The molecule has 3 N–H and O–H groups in total. The third-order valence-electron chi connectivity index (χ3n) is 3.60. The molecule has 0 atom stereocenters. The van der Waals surface area contributed by atoms with Crippen molar-refractivity contribution < 1.29 is 4.79 Å². The van der Waals surface area contributed by atoms with Gasteiger partial charge in [-0.05, 0) is 24.1 Å². The molecule has 20 heavy (non-hydrogen) atoms. The summed E-state index contributed by atoms with van der Waals surface area (Å²) in [5.41, 5.74) is 9.21. The molecule has 0 radical (unpaired) electrons. The van der Waals surface area contributed by atoms with Crippen LogP contribution in [0.4, 0.5) is 10.5 Å². The van der Waals surface area contributed by atoms with Crippen molar-refractivity contribution in [1.82, 2.24) is 0 Å². The predicted octanol–water partition coefficient (Wildman–Crippen LogP) is 3.81. The Kier molecular flexibility index (Phi) is 3.79. The predicted molar refractivity (Wildman–Crippen MR) is 83.0 cm³/mol. The van der Waals surface area contributed by atoms with Gasteiger partial charge in [0.05, 0.1) is 0 Å². The largest absolute Gasteiger partial charge is 0.351 e. The molecule has 0 aliphatic rings. The van der Waals surface area contributed by atoms with Gasteiger partial charge in [-0.15, -0.1) is 0 Å². The zero-order valence-electron chi connectivity index (χ0n) is 12.1. The topological polar surface area (TPSA) is 55.1 Å². The number of aryl methyl sites for hydroxylation is 1. The lowest BCUT2D eigenvalue weighted by Crippen LogP contribution is -2.25. The fourth-order valence-corrected chi connectivity index (χ4v) is 2.43. The molecule has 0 saturated carbocycles. The molecular weight excluding hydrogens is 248 g/mol. The summed E-state index contributed by atoms with van der Waals surface area (Å²) in [4.78, 5) is 11.2. The SMILES string of the molecule is Cc1ccc(NC(N)=O)c(C(C)(C)c2ccccc2)c1. The maximum Gasteiger partial charge on any atom is 0.316 e. The molecule has 0 saturated heterocycles. The molecule has 2 aromatic rings. The number of nitrogens with one attached hydrogen (secondary N) is 1. The Morgan fingerprint density at radius 2 is 1.75 bits per heavy atom. The maximum absolute atomic E-state index is 11.2. The Morgan fingerprint density at radius 1 is 1.10 bits per heavy atom. The van der Waals surface area contributed by atoms with Crippen molar-refractivity contribution >= 4 is 11.7 Å². The van der Waals surface area contributed by atoms with Crippen molar-refractivity contribution in [3.63, 3.8) is 0 Å². The van der Waals surface area contributed by atoms with Crippen LogP contribution in [0.2, 0.25) is 0 Å². The average molecular weight is 268 g/mol. The Balaban J connectivity index is 2.55. The number of primary amides is 1. The lowest BCUT2D eigenvalue weighted by molar-refractivity contribution is 0.259. The molecule has 0 heterocycles. The number of rotatable bonds is 3. The van der Waals surface area contributed by atoms with Gasteiger partial charge >= 0.3 is 6.03 Å². The first kappa shape index (κ1) is 14.1. The maximum atomic E-state index is 11.2. The van der Waals surface area contributed by atoms with E-state index >= 15 is 0 Å². The van der Waals surface area contributed by atoms with E-state index in [1.54, 1.807) is 0 Å². The van der Waals surface area contributed by atoms with Crippen LogP contribution in [0.5, 0.6) is 0 Å². The van der Waals surface area contributed by atoms with Crippen molar-refractivity contribution in [3.8, 4) is 0 Å². The average Bonchev–Trinajstić information content (AvgIpc) is 2.41. The minimum Gasteiger partial charge on any atom is -0.351 e. The number of hydrogen-bond acceptors (Lipinski definition) is 1. The smallest absolute Gasteiger partial charge is 0.316 e. The number of benzene rings is 2. The van der Waals surface area contributed by atoms with Gasteiger partial charge in [0.15, 0.2) is 0 Å². The first-order chi connectivity index (χ1) is 9.41. The van der Waals surface area contributed by atoms with Gasteiger partial charge in [0, 0.05) is 11.1 Å². The first-order valence-corrected chi connectivity index (χ1v) is 6.64. The van der Waals surface area contributed by atoms with E-state index < -0.39 is 6.03 Å². The number of carbonyl (C=O) groups is 1. The van der Waals surface area contributed by atoms with Crippen molar-refractivity contribution in [1.29, 1.82) is 0 Å². The van der Waals surface area contributed by atoms with Crippen LogP contribution >= 0.6 is 0 Å². The number of nitrogens with two attached hydrogens (primary N) is 1. The summed E-state index contributed by atoms with van der Waals surface area (Å²) in [7, 11) is 0. The zero-order valence-corrected chi connectivity index (χ0v) is 12.1. The lowest BCUT2D eigenvalue weighted by Gasteiger charge is -2.29. The Hall–Kier alpha value is -2.29. The highest BCUT2D eigenvalue weighted by Crippen LogP contribution is 2.36. The van der Waals surface area contributed by atoms with Crippen LogP contribution in [0.15, 0.2) is 48.5 Å². The van der Waals surface area contributed by atoms with Gasteiger partial charge in [0.1, 0.15) is 0 Å². The van der Waals surface area contributed by atoms with Gasteiger partial charge < -0.3 is 11.1 Å². The fraction of sp³-hybridized carbons (Fsp3) is 0.235. The van der Waals surface area contributed by atoms with Crippen molar-refractivity contribution in [2.45, 2.75) is 26.2 Å². The van der Waals surface area contributed by atoms with Gasteiger partial charge in [0.25, 0.3) is 0 Å². The molecule has 2 aromatic carbocycles. The van der Waals surface area contributed by atoms with Crippen LogP contribution in [-0.4, -0.2) is 6.03 Å². The first-order valence-electron chi connectivity index (χ1n) is 6.64. The van der Waals surface area contributed by atoms with E-state index in [1.165, 1.54) is 5.56 Å². The van der Waals surface area contributed by atoms with Crippen molar-refractivity contribution in [3.05, 3.63) is 65.2 Å². The van der Waals surface area contributed by atoms with Crippen LogP contribution in [-0.2, 0) is 5.41 Å². The Bertz CT molecular complexity index is 618. The summed E-state index contributed by atoms with van der Waals surface area (Å²) in [5, 5.41) is 2.72. The number of urea groups is 1. The van der Waals surface area contributed by atoms with E-state index in [0.29, 0.717) is 0 Å². The molecule has 104 valence electrons. The van der Waals surface area contributed by atoms with E-state index in [-0.39, 0.29) is 5.41 Å². The number of hydrogen-bond donors (Lipinski definition) is 2. The van der Waals surface area contributed by atoms with E-state index in [4.69, 9.17) is 5.73 Å². The van der Waals surface area contributed by atoms with Crippen LogP contribution in [0.1, 0.15) is 30.5 Å². The third-order valence-corrected chi connectivity index (χ3v) is 3.60. The molecule has 2 rings (SSSR count). The van der Waals surface area contributed by atoms with E-state index in [1.807, 2.05) is 37.3 Å². The Morgan fingerprint density at radius 3 is 2.35 bits per heavy atom. The number of amides is 2. The molecule has 0 aliphatic carbocycles. The van der Waals surface area contributed by atoms with Gasteiger partial charge in [-0.1, -0.05) is 61.9 Å². The van der Waals surface area contributed by atoms with E-state index in [0.717, 1.165) is 16.8 Å². The summed E-state index contributed by atoms with van der Waals surface area (Å²) in [6.07, 6.45) is 0. The third kappa shape index (κ3) is 2.82. The quantitative estimate of drug-likeness (QED) is 0.873. The van der Waals surface area contributed by atoms with Crippen LogP contribution in [0.25, 0.3) is 0 Å². The molecule has 2 amide bonds. The summed E-state index contributed by atoms with van der Waals surface area (Å²) >= 11 is 0. The normalized spacial score (nSPS) is 11.2. The number of anilines is 1. The monoisotopic (exact) mass is 268 g/mol. The highest BCUT2D eigenvalue weighted by molar-refractivity contribution is 5.89. The number of carbonyl (C=O) groups excluding carboxylic acids is 1. The summed E-state index contributed by atoms with van der Waals surface area (Å²) in [6.45, 7) is 6.32. The second-order valence-electron chi connectivity index (χ2n) is 5.53. The fourth-order valence-electron chi connectivity index (χ4n) is 2.43. The van der Waals surface area contributed by atoms with Crippen LogP contribution < -0.4 is 11.1 Å². The molecule has 3 nitrogen and oxygen atoms in total.